The third-order valence-electron chi connectivity index (χ3n) is 4.68. The van der Waals surface area contributed by atoms with Crippen LogP contribution in [0.4, 0.5) is 0 Å². The number of halogens is 3. The Morgan fingerprint density at radius 3 is 2.65 bits per heavy atom. The van der Waals surface area contributed by atoms with Crippen LogP contribution in [0.3, 0.4) is 0 Å². The molecule has 0 aliphatic rings. The highest BCUT2D eigenvalue weighted by atomic mass is 79.9. The fourth-order valence-corrected chi connectivity index (χ4v) is 4.07. The van der Waals surface area contributed by atoms with Gasteiger partial charge >= 0.3 is 5.97 Å². The summed E-state index contributed by atoms with van der Waals surface area (Å²) in [7, 11) is 1.26. The number of fused-ring (bicyclic) bond motifs is 1. The molecule has 8 nitrogen and oxygen atoms in total. The molecule has 34 heavy (non-hydrogen) atoms. The molecule has 0 unspecified atom stereocenters. The van der Waals surface area contributed by atoms with Crippen LogP contribution in [-0.2, 0) is 9.53 Å². The van der Waals surface area contributed by atoms with Crippen LogP contribution in [0.15, 0.2) is 43.1 Å². The molecule has 0 saturated carbocycles. The van der Waals surface area contributed by atoms with E-state index in [1.165, 1.54) is 18.0 Å². The molecule has 11 heteroatoms. The highest BCUT2D eigenvalue weighted by molar-refractivity contribution is 9.10. The van der Waals surface area contributed by atoms with E-state index in [1.807, 2.05) is 19.9 Å². The van der Waals surface area contributed by atoms with E-state index in [4.69, 9.17) is 21.1 Å². The van der Waals surface area contributed by atoms with Gasteiger partial charge in [0.1, 0.15) is 10.8 Å². The molecule has 3 aromatic rings. The van der Waals surface area contributed by atoms with Gasteiger partial charge in [0.15, 0.2) is 18.1 Å². The number of hydrogen-bond donors (Lipinski definition) is 0. The summed E-state index contributed by atoms with van der Waals surface area (Å²) >= 11 is 13.3. The first-order valence-corrected chi connectivity index (χ1v) is 12.2. The van der Waals surface area contributed by atoms with E-state index in [0.29, 0.717) is 39.1 Å². The molecule has 0 N–H and O–H groups in total. The predicted molar refractivity (Wildman–Crippen MR) is 139 cm³/mol. The first-order chi connectivity index (χ1) is 16.2. The Bertz CT molecular complexity index is 1320. The molecule has 0 spiro atoms. The molecule has 1 aromatic heterocycles. The number of carbonyl (C=O) groups excluding carboxylic acids is 1. The lowest BCUT2D eigenvalue weighted by Gasteiger charge is -2.16. The van der Waals surface area contributed by atoms with Crippen LogP contribution in [0.2, 0.25) is 5.02 Å². The fourth-order valence-electron chi connectivity index (χ4n) is 3.06. The Kier molecular flexibility index (Phi) is 8.72. The molecule has 0 radical (unpaired) electrons. The average molecular weight is 616 g/mol. The number of methoxy groups -OCH3 is 1. The molecule has 0 saturated heterocycles. The molecular weight excluding hydrogens is 594 g/mol. The van der Waals surface area contributed by atoms with Gasteiger partial charge in [0, 0.05) is 20.4 Å². The largest absolute Gasteiger partial charge is 0.490 e. The van der Waals surface area contributed by atoms with Crippen LogP contribution in [0.25, 0.3) is 10.9 Å². The Morgan fingerprint density at radius 1 is 1.26 bits per heavy atom. The lowest BCUT2D eigenvalue weighted by molar-refractivity contribution is -0.142. The van der Waals surface area contributed by atoms with Crippen molar-refractivity contribution in [3.8, 4) is 11.5 Å². The van der Waals surface area contributed by atoms with Gasteiger partial charge in [-0.3, -0.25) is 4.79 Å². The highest BCUT2D eigenvalue weighted by Gasteiger charge is 2.19. The Labute approximate surface area is 218 Å². The molecule has 0 aliphatic heterocycles. The van der Waals surface area contributed by atoms with E-state index in [2.05, 4.69) is 46.7 Å². The minimum atomic E-state index is -0.559. The molecule has 2 aromatic carbocycles. The zero-order valence-corrected chi connectivity index (χ0v) is 22.8. The number of esters is 1. The second-order valence-electron chi connectivity index (χ2n) is 7.37. The van der Waals surface area contributed by atoms with E-state index in [1.54, 1.807) is 25.1 Å². The maximum atomic E-state index is 13.2. The molecule has 0 amide bonds. The Hall–Kier alpha value is -2.43. The first-order valence-electron chi connectivity index (χ1n) is 10.3. The van der Waals surface area contributed by atoms with Crippen molar-refractivity contribution < 1.29 is 19.0 Å². The SMILES string of the molecule is CCOc1cc(C=Nn2c(C(C)C)nc3ccc(Br)cc3c2=O)c(Br)c(Cl)c1OCC(=O)OC. The Morgan fingerprint density at radius 2 is 2.00 bits per heavy atom. The van der Waals surface area contributed by atoms with Crippen molar-refractivity contribution in [2.45, 2.75) is 26.7 Å². The van der Waals surface area contributed by atoms with Crippen LogP contribution in [0, 0.1) is 0 Å². The molecule has 3 rings (SSSR count). The normalized spacial score (nSPS) is 11.4. The third-order valence-corrected chi connectivity index (χ3v) is 6.62. The molecule has 0 fully saturated rings. The summed E-state index contributed by atoms with van der Waals surface area (Å²) in [6.45, 7) is 5.68. The quantitative estimate of drug-likeness (QED) is 0.245. The van der Waals surface area contributed by atoms with Crippen LogP contribution < -0.4 is 15.0 Å². The number of carbonyl (C=O) groups is 1. The number of hydrogen-bond acceptors (Lipinski definition) is 7. The minimum absolute atomic E-state index is 0.0574. The van der Waals surface area contributed by atoms with Gasteiger partial charge in [0.05, 0.1) is 30.8 Å². The summed E-state index contributed by atoms with van der Waals surface area (Å²) in [4.78, 5) is 29.4. The second-order valence-corrected chi connectivity index (χ2v) is 9.45. The average Bonchev–Trinajstić information content (AvgIpc) is 2.81. The van der Waals surface area contributed by atoms with Crippen molar-refractivity contribution >= 4 is 66.5 Å². The van der Waals surface area contributed by atoms with Gasteiger partial charge in [0.2, 0.25) is 0 Å². The van der Waals surface area contributed by atoms with E-state index in [0.717, 1.165) is 4.47 Å². The summed E-state index contributed by atoms with van der Waals surface area (Å²) in [6, 6.07) is 7.00. The van der Waals surface area contributed by atoms with Crippen molar-refractivity contribution in [3.63, 3.8) is 0 Å². The molecule has 0 aliphatic carbocycles. The highest BCUT2D eigenvalue weighted by Crippen LogP contribution is 2.42. The van der Waals surface area contributed by atoms with Gasteiger partial charge < -0.3 is 14.2 Å². The zero-order valence-electron chi connectivity index (χ0n) is 18.9. The minimum Gasteiger partial charge on any atom is -0.490 e. The molecule has 1 heterocycles. The molecule has 0 atom stereocenters. The van der Waals surface area contributed by atoms with Crippen LogP contribution in [0.5, 0.6) is 11.5 Å². The van der Waals surface area contributed by atoms with Gasteiger partial charge in [0.25, 0.3) is 5.56 Å². The molecular formula is C23H22Br2ClN3O5. The van der Waals surface area contributed by atoms with Crippen molar-refractivity contribution in [1.82, 2.24) is 9.66 Å². The third kappa shape index (κ3) is 5.61. The summed E-state index contributed by atoms with van der Waals surface area (Å²) in [5, 5.41) is 5.07. The molecule has 180 valence electrons. The van der Waals surface area contributed by atoms with Crippen LogP contribution in [-0.4, -0.2) is 42.2 Å². The smallest absolute Gasteiger partial charge is 0.343 e. The molecule has 0 bridgehead atoms. The second kappa shape index (κ2) is 11.3. The van der Waals surface area contributed by atoms with E-state index < -0.39 is 5.97 Å². The fraction of sp³-hybridized carbons (Fsp3) is 0.304. The topological polar surface area (TPSA) is 92.0 Å². The number of ether oxygens (including phenoxy) is 3. The number of benzene rings is 2. The number of aromatic nitrogens is 2. The van der Waals surface area contributed by atoms with Gasteiger partial charge in [-0.05, 0) is 47.1 Å². The van der Waals surface area contributed by atoms with Crippen molar-refractivity contribution in [2.24, 2.45) is 5.10 Å². The van der Waals surface area contributed by atoms with Gasteiger partial charge in [-0.25, -0.2) is 9.78 Å². The monoisotopic (exact) mass is 613 g/mol. The predicted octanol–water partition coefficient (Wildman–Crippen LogP) is 5.53. The standard InChI is InChI=1S/C23H22Br2ClN3O5/c1-5-33-17-8-13(19(25)20(26)21(17)34-11-18(30)32-4)10-27-29-22(12(2)3)28-16-7-6-14(24)9-15(16)23(29)31/h6-10,12H,5,11H2,1-4H3. The number of nitrogens with zero attached hydrogens (tertiary/aromatic N) is 3. The maximum absolute atomic E-state index is 13.2. The number of rotatable bonds is 8. The van der Waals surface area contributed by atoms with Crippen molar-refractivity contribution in [2.75, 3.05) is 20.3 Å². The lowest BCUT2D eigenvalue weighted by Crippen LogP contribution is -2.23. The van der Waals surface area contributed by atoms with Crippen molar-refractivity contribution in [1.29, 1.82) is 0 Å². The lowest BCUT2D eigenvalue weighted by atomic mass is 10.2. The van der Waals surface area contributed by atoms with Gasteiger partial charge in [-0.15, -0.1) is 0 Å². The first kappa shape index (κ1) is 26.2. The van der Waals surface area contributed by atoms with E-state index in [-0.39, 0.29) is 28.9 Å². The van der Waals surface area contributed by atoms with E-state index >= 15 is 0 Å². The van der Waals surface area contributed by atoms with Gasteiger partial charge in [-0.1, -0.05) is 41.4 Å². The summed E-state index contributed by atoms with van der Waals surface area (Å²) < 4.78 is 18.3. The summed E-state index contributed by atoms with van der Waals surface area (Å²) in [6.07, 6.45) is 1.49. The summed E-state index contributed by atoms with van der Waals surface area (Å²) in [5.74, 6) is 0.406. The maximum Gasteiger partial charge on any atom is 0.343 e. The zero-order chi connectivity index (χ0) is 25.0. The Balaban J connectivity index is 2.12. The summed E-state index contributed by atoms with van der Waals surface area (Å²) in [5.41, 5.74) is 0.838. The van der Waals surface area contributed by atoms with Crippen LogP contribution in [0.1, 0.15) is 38.1 Å². The van der Waals surface area contributed by atoms with Gasteiger partial charge in [-0.2, -0.15) is 9.78 Å². The van der Waals surface area contributed by atoms with Crippen LogP contribution >= 0.6 is 43.5 Å². The van der Waals surface area contributed by atoms with E-state index in [9.17, 15) is 9.59 Å². The van der Waals surface area contributed by atoms with Crippen molar-refractivity contribution in [3.05, 3.63) is 60.0 Å².